The Bertz CT molecular complexity index is 2060. The maximum Gasteiger partial charge on any atom is 0.433 e. The van der Waals surface area contributed by atoms with E-state index in [1.165, 1.54) is 31.3 Å². The van der Waals surface area contributed by atoms with E-state index in [4.69, 9.17) is 34.8 Å². The van der Waals surface area contributed by atoms with Crippen molar-refractivity contribution >= 4 is 69.9 Å². The molecular formula is C34H25Cl3F4N4O5. The van der Waals surface area contributed by atoms with Crippen LogP contribution in [0.1, 0.15) is 36.9 Å². The summed E-state index contributed by atoms with van der Waals surface area (Å²) in [6.07, 6.45) is -3.10. The monoisotopic (exact) mass is 750 g/mol. The molecule has 1 saturated carbocycles. The second-order valence-electron chi connectivity index (χ2n) is 13.0. The number of pyridine rings is 1. The highest BCUT2D eigenvalue weighted by Crippen LogP contribution is 2.64. The maximum atomic E-state index is 14.5. The van der Waals surface area contributed by atoms with Gasteiger partial charge in [-0.2, -0.15) is 18.2 Å². The fourth-order valence-corrected chi connectivity index (χ4v) is 8.86. The molecule has 3 heterocycles. The average molecular weight is 752 g/mol. The molecule has 0 radical (unpaired) electrons. The van der Waals surface area contributed by atoms with Crippen molar-refractivity contribution in [2.75, 3.05) is 17.0 Å². The van der Waals surface area contributed by atoms with E-state index in [1.807, 2.05) is 0 Å². The lowest BCUT2D eigenvalue weighted by Crippen LogP contribution is -2.49. The molecule has 2 saturated heterocycles. The van der Waals surface area contributed by atoms with E-state index in [2.05, 4.69) is 4.98 Å². The van der Waals surface area contributed by atoms with Crippen molar-refractivity contribution in [2.45, 2.75) is 31.9 Å². The third kappa shape index (κ3) is 4.91. The number of imide groups is 2. The molecule has 3 fully saturated rings. The van der Waals surface area contributed by atoms with Crippen molar-refractivity contribution in [3.8, 4) is 5.75 Å². The number of benzene rings is 2. The van der Waals surface area contributed by atoms with Gasteiger partial charge in [0.2, 0.25) is 11.8 Å². The topological polar surface area (TPSA) is 111 Å². The number of hydrazine groups is 1. The zero-order valence-electron chi connectivity index (χ0n) is 26.0. The molecular weight excluding hydrogens is 727 g/mol. The number of phenolic OH excluding ortho intramolecular Hbond substituents is 1. The summed E-state index contributed by atoms with van der Waals surface area (Å²) in [7, 11) is 1.21. The molecule has 7 rings (SSSR count). The number of halogens is 7. The highest BCUT2D eigenvalue weighted by Gasteiger charge is 2.68. The van der Waals surface area contributed by atoms with Gasteiger partial charge < -0.3 is 5.11 Å². The molecule has 3 aromatic rings. The number of fused-ring (bicyclic) bond motifs is 4. The van der Waals surface area contributed by atoms with Gasteiger partial charge in [-0.05, 0) is 73.7 Å². The molecule has 9 nitrogen and oxygen atoms in total. The summed E-state index contributed by atoms with van der Waals surface area (Å²) in [5, 5.41) is 11.3. The highest BCUT2D eigenvalue weighted by atomic mass is 35.5. The van der Waals surface area contributed by atoms with Gasteiger partial charge in [0.15, 0.2) is 5.82 Å². The van der Waals surface area contributed by atoms with Gasteiger partial charge in [0.25, 0.3) is 11.8 Å². The van der Waals surface area contributed by atoms with E-state index in [1.54, 1.807) is 13.0 Å². The molecule has 1 N–H and O–H groups in total. The number of nitrogens with zero attached hydrogens (tertiary/aromatic N) is 4. The quantitative estimate of drug-likeness (QED) is 0.171. The van der Waals surface area contributed by atoms with Crippen LogP contribution in [-0.4, -0.2) is 45.8 Å². The summed E-state index contributed by atoms with van der Waals surface area (Å²) in [4.78, 5) is 61.5. The Labute approximate surface area is 297 Å². The zero-order chi connectivity index (χ0) is 36.2. The fourth-order valence-electron chi connectivity index (χ4n) is 8.17. The van der Waals surface area contributed by atoms with Crippen LogP contribution in [0.4, 0.5) is 29.1 Å². The van der Waals surface area contributed by atoms with Crippen molar-refractivity contribution in [1.29, 1.82) is 0 Å². The van der Waals surface area contributed by atoms with Crippen LogP contribution in [0.15, 0.2) is 60.2 Å². The number of aromatic hydroxyl groups is 1. The van der Waals surface area contributed by atoms with Gasteiger partial charge in [0.05, 0.1) is 38.9 Å². The minimum atomic E-state index is -4.83. The lowest BCUT2D eigenvalue weighted by molar-refractivity contribution is -0.141. The smallest absolute Gasteiger partial charge is 0.433 e. The summed E-state index contributed by atoms with van der Waals surface area (Å²) in [6.45, 7) is 1.61. The van der Waals surface area contributed by atoms with Crippen LogP contribution in [0.5, 0.6) is 5.75 Å². The third-order valence-electron chi connectivity index (χ3n) is 10.4. The van der Waals surface area contributed by atoms with Gasteiger partial charge in [0, 0.05) is 18.0 Å². The Morgan fingerprint density at radius 2 is 1.64 bits per heavy atom. The van der Waals surface area contributed by atoms with Crippen molar-refractivity contribution in [3.05, 3.63) is 92.3 Å². The van der Waals surface area contributed by atoms with E-state index in [0.717, 1.165) is 33.1 Å². The first-order valence-electron chi connectivity index (χ1n) is 15.3. The lowest BCUT2D eigenvalue weighted by Gasteiger charge is -2.49. The van der Waals surface area contributed by atoms with E-state index < -0.39 is 82.1 Å². The molecule has 50 heavy (non-hydrogen) atoms. The molecule has 2 aromatic carbocycles. The van der Waals surface area contributed by atoms with Crippen molar-refractivity contribution in [3.63, 3.8) is 0 Å². The molecule has 16 heteroatoms. The first-order valence-corrected chi connectivity index (χ1v) is 16.5. The fraction of sp³-hybridized carbons (Fsp3) is 0.324. The van der Waals surface area contributed by atoms with Crippen molar-refractivity contribution in [1.82, 2.24) is 9.99 Å². The number of hydrogen-bond acceptors (Lipinski definition) is 7. The van der Waals surface area contributed by atoms with Crippen molar-refractivity contribution in [2.24, 2.45) is 29.1 Å². The van der Waals surface area contributed by atoms with Crippen LogP contribution < -0.4 is 9.91 Å². The first-order chi connectivity index (χ1) is 23.5. The minimum Gasteiger partial charge on any atom is -0.508 e. The molecule has 0 spiro atoms. The van der Waals surface area contributed by atoms with E-state index >= 15 is 0 Å². The van der Waals surface area contributed by atoms with Crippen LogP contribution in [0.3, 0.4) is 0 Å². The zero-order valence-corrected chi connectivity index (χ0v) is 28.3. The Kier molecular flexibility index (Phi) is 8.00. The van der Waals surface area contributed by atoms with Crippen LogP contribution in [0.25, 0.3) is 0 Å². The Hall–Kier alpha value is -4.20. The molecule has 2 aliphatic carbocycles. The summed E-state index contributed by atoms with van der Waals surface area (Å²) >= 11 is 18.9. The second-order valence-corrected chi connectivity index (χ2v) is 14.2. The average Bonchev–Trinajstić information content (AvgIpc) is 3.41. The van der Waals surface area contributed by atoms with Gasteiger partial charge in [-0.1, -0.05) is 52.5 Å². The van der Waals surface area contributed by atoms with Crippen molar-refractivity contribution < 1.29 is 41.8 Å². The van der Waals surface area contributed by atoms with Crippen LogP contribution in [0, 0.1) is 34.9 Å². The summed E-state index contributed by atoms with van der Waals surface area (Å²) in [5.41, 5.74) is -1.78. The predicted octanol–water partition coefficient (Wildman–Crippen LogP) is 7.19. The second kappa shape index (κ2) is 11.7. The van der Waals surface area contributed by atoms with Gasteiger partial charge >= 0.3 is 6.18 Å². The number of allylic oxidation sites excluding steroid dienone is 2. The van der Waals surface area contributed by atoms with Gasteiger partial charge in [-0.3, -0.25) is 24.2 Å². The maximum absolute atomic E-state index is 14.5. The Balaban J connectivity index is 1.33. The van der Waals surface area contributed by atoms with E-state index in [-0.39, 0.29) is 39.3 Å². The number of alkyl halides is 3. The number of aromatic nitrogens is 1. The Morgan fingerprint density at radius 3 is 2.30 bits per heavy atom. The predicted molar refractivity (Wildman–Crippen MR) is 174 cm³/mol. The largest absolute Gasteiger partial charge is 0.508 e. The standard InChI is InChI=1S/C34H25Cl3F4N4O5/c1-33-20(30(48)44(32(33)50)14-3-9-24(38)23(37)11-14)13-19-16(27(33)17-5-4-15(46)12-22(17)36)6-7-18-26(19)31(49)45(29(18)47)43(2)28-21(35)8-10-25(42-28)34(39,40)41/h3-6,8-12,18-20,26-27,46H,7,13H2,1-2H3. The number of phenols is 1. The highest BCUT2D eigenvalue weighted by molar-refractivity contribution is 6.33. The molecule has 0 bridgehead atoms. The minimum absolute atomic E-state index is 0.0293. The lowest BCUT2D eigenvalue weighted by atomic mass is 9.51. The third-order valence-corrected chi connectivity index (χ3v) is 11.3. The molecule has 260 valence electrons. The van der Waals surface area contributed by atoms with Gasteiger partial charge in [0.1, 0.15) is 17.3 Å². The number of amides is 4. The normalized spacial score (nSPS) is 27.7. The Morgan fingerprint density at radius 1 is 0.920 bits per heavy atom. The summed E-state index contributed by atoms with van der Waals surface area (Å²) in [5.74, 6) is -8.89. The molecule has 6 unspecified atom stereocenters. The molecule has 2 aliphatic heterocycles. The molecule has 4 aliphatic rings. The van der Waals surface area contributed by atoms with E-state index in [9.17, 15) is 41.8 Å². The summed E-state index contributed by atoms with van der Waals surface area (Å²) < 4.78 is 54.7. The van der Waals surface area contributed by atoms with Gasteiger partial charge in [-0.25, -0.2) is 14.3 Å². The number of hydrogen-bond donors (Lipinski definition) is 1. The van der Waals surface area contributed by atoms with Crippen LogP contribution in [0.2, 0.25) is 15.1 Å². The molecule has 1 aromatic heterocycles. The van der Waals surface area contributed by atoms with E-state index in [0.29, 0.717) is 17.2 Å². The SMILES string of the molecule is CN(c1nc(C(F)(F)F)ccc1Cl)N1C(=O)C2CC=C3C(CC4C(=O)N(c5ccc(F)c(Cl)c5)C(=O)C4(C)C3c3ccc(O)cc3Cl)C2C1=O. The molecule has 4 amide bonds. The number of rotatable bonds is 4. The number of carbonyl (C=O) groups is 4. The first kappa shape index (κ1) is 34.3. The number of anilines is 2. The van der Waals surface area contributed by atoms with Gasteiger partial charge in [-0.15, -0.1) is 0 Å². The number of carbonyl (C=O) groups excluding carboxylic acids is 4. The van der Waals surface area contributed by atoms with Crippen LogP contribution in [-0.2, 0) is 25.4 Å². The van der Waals surface area contributed by atoms with Crippen LogP contribution >= 0.6 is 34.8 Å². The molecule has 6 atom stereocenters. The summed E-state index contributed by atoms with van der Waals surface area (Å²) in [6, 6.07) is 9.29.